The summed E-state index contributed by atoms with van der Waals surface area (Å²) in [4.78, 5) is 48.3. The van der Waals surface area contributed by atoms with Crippen LogP contribution in [-0.2, 0) is 0 Å². The standard InChI is InChI=1S/C21H24N6O3S/c1-11-9-27(21-25-15(10-31-21)19(29)23-6-7-26(2)3)20(30)17-16(11)13-8-12(18(22)28)4-5-14(13)24-17/h4-5,8,10-11,24H,6-7,9H2,1-3H3,(H2,22,28)(H,23,29)/t11-/m0/s1. The van der Waals surface area contributed by atoms with Crippen molar-refractivity contribution in [3.8, 4) is 0 Å². The Hall–Kier alpha value is -3.24. The minimum atomic E-state index is -0.507. The Morgan fingerprint density at radius 3 is 2.87 bits per heavy atom. The van der Waals surface area contributed by atoms with Crippen molar-refractivity contribution in [3.63, 3.8) is 0 Å². The number of thiazole rings is 1. The highest BCUT2D eigenvalue weighted by Gasteiger charge is 2.35. The van der Waals surface area contributed by atoms with E-state index in [0.717, 1.165) is 23.0 Å². The molecule has 0 radical (unpaired) electrons. The number of carbonyl (C=O) groups excluding carboxylic acids is 3. The van der Waals surface area contributed by atoms with Gasteiger partial charge in [0.15, 0.2) is 5.13 Å². The Morgan fingerprint density at radius 2 is 2.16 bits per heavy atom. The van der Waals surface area contributed by atoms with Gasteiger partial charge in [0.2, 0.25) is 5.91 Å². The lowest BCUT2D eigenvalue weighted by Gasteiger charge is -2.29. The minimum Gasteiger partial charge on any atom is -0.366 e. The fourth-order valence-corrected chi connectivity index (χ4v) is 4.58. The summed E-state index contributed by atoms with van der Waals surface area (Å²) in [5.74, 6) is -0.968. The molecule has 3 amide bonds. The monoisotopic (exact) mass is 440 g/mol. The van der Waals surface area contributed by atoms with Gasteiger partial charge in [-0.3, -0.25) is 19.3 Å². The highest BCUT2D eigenvalue weighted by molar-refractivity contribution is 7.14. The smallest absolute Gasteiger partial charge is 0.276 e. The van der Waals surface area contributed by atoms with Crippen molar-refractivity contribution in [1.29, 1.82) is 0 Å². The van der Waals surface area contributed by atoms with Crippen LogP contribution in [0.2, 0.25) is 0 Å². The first-order valence-electron chi connectivity index (χ1n) is 9.92. The third-order valence-electron chi connectivity index (χ3n) is 5.33. The van der Waals surface area contributed by atoms with Gasteiger partial charge in [-0.25, -0.2) is 4.98 Å². The Kier molecular flexibility index (Phi) is 5.50. The van der Waals surface area contributed by atoms with Crippen molar-refractivity contribution in [1.82, 2.24) is 20.2 Å². The zero-order chi connectivity index (χ0) is 22.3. The zero-order valence-electron chi connectivity index (χ0n) is 17.6. The number of likely N-dealkylation sites (N-methyl/N-ethyl adjacent to an activating group) is 1. The molecule has 0 spiro atoms. The number of hydrogen-bond acceptors (Lipinski definition) is 6. The molecule has 9 nitrogen and oxygen atoms in total. The molecule has 4 N–H and O–H groups in total. The maximum Gasteiger partial charge on any atom is 0.276 e. The van der Waals surface area contributed by atoms with E-state index in [9.17, 15) is 14.4 Å². The molecule has 162 valence electrons. The van der Waals surface area contributed by atoms with E-state index in [1.54, 1.807) is 28.5 Å². The molecule has 1 atom stereocenters. The van der Waals surface area contributed by atoms with E-state index in [1.165, 1.54) is 11.3 Å². The van der Waals surface area contributed by atoms with Crippen molar-refractivity contribution >= 4 is 45.1 Å². The summed E-state index contributed by atoms with van der Waals surface area (Å²) in [6, 6.07) is 5.13. The number of rotatable bonds is 6. The molecule has 1 aliphatic heterocycles. The summed E-state index contributed by atoms with van der Waals surface area (Å²) in [6.07, 6.45) is 0. The molecule has 0 saturated carbocycles. The van der Waals surface area contributed by atoms with Gasteiger partial charge in [-0.05, 0) is 37.9 Å². The van der Waals surface area contributed by atoms with E-state index in [2.05, 4.69) is 15.3 Å². The van der Waals surface area contributed by atoms with Crippen LogP contribution in [0.4, 0.5) is 5.13 Å². The summed E-state index contributed by atoms with van der Waals surface area (Å²) in [5.41, 5.74) is 8.24. The topological polar surface area (TPSA) is 124 Å². The zero-order valence-corrected chi connectivity index (χ0v) is 18.4. The molecule has 1 aromatic carbocycles. The maximum absolute atomic E-state index is 13.2. The van der Waals surface area contributed by atoms with Crippen molar-refractivity contribution in [2.45, 2.75) is 12.8 Å². The summed E-state index contributed by atoms with van der Waals surface area (Å²) >= 11 is 1.27. The summed E-state index contributed by atoms with van der Waals surface area (Å²) in [6.45, 7) is 3.69. The number of carbonyl (C=O) groups is 3. The maximum atomic E-state index is 13.2. The van der Waals surface area contributed by atoms with Crippen LogP contribution in [0, 0.1) is 0 Å². The molecule has 10 heteroatoms. The molecule has 1 aliphatic rings. The number of amides is 3. The van der Waals surface area contributed by atoms with Gasteiger partial charge in [0.05, 0.1) is 0 Å². The van der Waals surface area contributed by atoms with E-state index < -0.39 is 5.91 Å². The molecule has 2 aromatic heterocycles. The quantitative estimate of drug-likeness (QED) is 0.539. The van der Waals surface area contributed by atoms with Crippen LogP contribution in [0.3, 0.4) is 0 Å². The molecular formula is C21H24N6O3S. The molecule has 0 aliphatic carbocycles. The Labute approximate surface area is 183 Å². The van der Waals surface area contributed by atoms with Crippen LogP contribution in [0.25, 0.3) is 10.9 Å². The molecule has 31 heavy (non-hydrogen) atoms. The van der Waals surface area contributed by atoms with Gasteiger partial charge < -0.3 is 20.9 Å². The lowest BCUT2D eigenvalue weighted by molar-refractivity contribution is 0.0941. The third kappa shape index (κ3) is 3.91. The summed E-state index contributed by atoms with van der Waals surface area (Å²) < 4.78 is 0. The highest BCUT2D eigenvalue weighted by atomic mass is 32.1. The Morgan fingerprint density at radius 1 is 1.39 bits per heavy atom. The minimum absolute atomic E-state index is 0.00541. The summed E-state index contributed by atoms with van der Waals surface area (Å²) in [7, 11) is 3.87. The second kappa shape index (κ2) is 8.12. The highest BCUT2D eigenvalue weighted by Crippen LogP contribution is 2.37. The van der Waals surface area contributed by atoms with Crippen LogP contribution >= 0.6 is 11.3 Å². The number of aromatic amines is 1. The van der Waals surface area contributed by atoms with Crippen molar-refractivity contribution < 1.29 is 14.4 Å². The largest absolute Gasteiger partial charge is 0.366 e. The van der Waals surface area contributed by atoms with Crippen molar-refractivity contribution in [3.05, 3.63) is 46.1 Å². The fraction of sp³-hybridized carbons (Fsp3) is 0.333. The molecule has 4 rings (SSSR count). The van der Waals surface area contributed by atoms with E-state index >= 15 is 0 Å². The Balaban J connectivity index is 1.60. The van der Waals surface area contributed by atoms with Gasteiger partial charge in [0.25, 0.3) is 11.8 Å². The van der Waals surface area contributed by atoms with Crippen LogP contribution in [0.5, 0.6) is 0 Å². The lowest BCUT2D eigenvalue weighted by Crippen LogP contribution is -2.39. The molecule has 0 unspecified atom stereocenters. The van der Waals surface area contributed by atoms with E-state index in [-0.39, 0.29) is 17.7 Å². The number of nitrogens with one attached hydrogen (secondary N) is 2. The number of fused-ring (bicyclic) bond motifs is 3. The second-order valence-electron chi connectivity index (χ2n) is 7.93. The normalized spacial score (nSPS) is 16.1. The van der Waals surface area contributed by atoms with Gasteiger partial charge in [-0.2, -0.15) is 0 Å². The van der Waals surface area contributed by atoms with Gasteiger partial charge in [0, 0.05) is 47.4 Å². The molecule has 0 saturated heterocycles. The average molecular weight is 441 g/mol. The molecule has 0 bridgehead atoms. The number of nitrogens with two attached hydrogens (primary N) is 1. The van der Waals surface area contributed by atoms with E-state index in [0.29, 0.717) is 35.2 Å². The summed E-state index contributed by atoms with van der Waals surface area (Å²) in [5, 5.41) is 5.80. The second-order valence-corrected chi connectivity index (χ2v) is 8.77. The van der Waals surface area contributed by atoms with Crippen LogP contribution in [0.1, 0.15) is 49.7 Å². The predicted molar refractivity (Wildman–Crippen MR) is 120 cm³/mol. The van der Waals surface area contributed by atoms with E-state index in [4.69, 9.17) is 5.73 Å². The molecule has 3 heterocycles. The lowest BCUT2D eigenvalue weighted by atomic mass is 9.92. The molecular weight excluding hydrogens is 416 g/mol. The number of H-pyrrole nitrogens is 1. The number of nitrogens with zero attached hydrogens (tertiary/aromatic N) is 3. The predicted octanol–water partition coefficient (Wildman–Crippen LogP) is 1.78. The van der Waals surface area contributed by atoms with Gasteiger partial charge in [-0.1, -0.05) is 6.92 Å². The van der Waals surface area contributed by atoms with Gasteiger partial charge >= 0.3 is 0 Å². The van der Waals surface area contributed by atoms with Crippen LogP contribution in [0.15, 0.2) is 23.6 Å². The fourth-order valence-electron chi connectivity index (χ4n) is 3.77. The number of hydrogen-bond donors (Lipinski definition) is 3. The third-order valence-corrected chi connectivity index (χ3v) is 6.20. The first kappa shape index (κ1) is 21.0. The van der Waals surface area contributed by atoms with Crippen LogP contribution < -0.4 is 16.0 Å². The van der Waals surface area contributed by atoms with Crippen LogP contribution in [-0.4, -0.2) is 66.3 Å². The first-order valence-corrected chi connectivity index (χ1v) is 10.8. The van der Waals surface area contributed by atoms with Crippen molar-refractivity contribution in [2.75, 3.05) is 38.6 Å². The first-order chi connectivity index (χ1) is 14.8. The SMILES string of the molecule is C[C@H]1CN(c2nc(C(=O)NCCN(C)C)cs2)C(=O)c2[nH]c3ccc(C(N)=O)cc3c21. The molecule has 0 fully saturated rings. The van der Waals surface area contributed by atoms with E-state index in [1.807, 2.05) is 25.9 Å². The Bertz CT molecular complexity index is 1180. The number of aromatic nitrogens is 2. The average Bonchev–Trinajstić information content (AvgIpc) is 3.35. The molecule has 3 aromatic rings. The number of benzene rings is 1. The van der Waals surface area contributed by atoms with Crippen molar-refractivity contribution in [2.24, 2.45) is 5.73 Å². The van der Waals surface area contributed by atoms with Gasteiger partial charge in [0.1, 0.15) is 11.4 Å². The number of primary amides is 1. The van der Waals surface area contributed by atoms with Gasteiger partial charge in [-0.15, -0.1) is 11.3 Å². The number of anilines is 1.